The highest BCUT2D eigenvalue weighted by Gasteiger charge is 2.39. The highest BCUT2D eigenvalue weighted by atomic mass is 32.2. The molecule has 0 radical (unpaired) electrons. The molecule has 23 N–H and O–H groups in total. The fourth-order valence-electron chi connectivity index (χ4n) is 13.1. The van der Waals surface area contributed by atoms with Gasteiger partial charge < -0.3 is 107 Å². The van der Waals surface area contributed by atoms with Gasteiger partial charge in [-0.05, 0) is 103 Å². The van der Waals surface area contributed by atoms with Crippen molar-refractivity contribution in [1.82, 2.24) is 79.1 Å². The van der Waals surface area contributed by atoms with Gasteiger partial charge in [0.05, 0.1) is 25.3 Å². The van der Waals surface area contributed by atoms with Crippen LogP contribution in [0.15, 0.2) is 103 Å². The van der Waals surface area contributed by atoms with E-state index in [-0.39, 0.29) is 83.1 Å². The zero-order chi connectivity index (χ0) is 83.8. The largest absolute Gasteiger partial charge is 0.481 e. The highest BCUT2D eigenvalue weighted by Crippen LogP contribution is 2.24. The number of fused-ring (bicyclic) bond motifs is 3. The maximum Gasteiger partial charge on any atom is 0.312 e. The van der Waals surface area contributed by atoms with Crippen LogP contribution in [0.4, 0.5) is 4.79 Å². The SMILES string of the molecule is CCCC[C@@H]1NC(=O)[C@H](Cc2c[nH]c3ccccc23)NC(=O)[C@H](CC(=O)O)NC(=O)[C@H](CCCCNC(N)=O)NC(=O)CNC(=O)[C@H](CO)NC(=O)[C@H]([C@@H](C)CC)NC(=O)[C@H](Cc2ccc3ccccc3c2)NC(=O)CSC[C@@H](C(N)=O)NC(=O)[C@H](C(C)C)NC(=O)[C@H](Cc2c[nH]c3ccccc23)NC(=O)[C@H](CCCCN)NC1=O. The number of urea groups is 1. The number of para-hydroxylation sites is 2. The van der Waals surface area contributed by atoms with E-state index in [2.05, 4.69) is 79.1 Å². The first-order valence-corrected chi connectivity index (χ1v) is 39.8. The number of carbonyl (C=O) groups is 15. The third kappa shape index (κ3) is 27.9. The number of aromatic amines is 2. The Kier molecular flexibility index (Phi) is 35.7. The molecule has 12 atom stereocenters. The Morgan fingerprint density at radius 1 is 0.504 bits per heavy atom. The van der Waals surface area contributed by atoms with Gasteiger partial charge in [-0.1, -0.05) is 133 Å². The molecule has 35 nitrogen and oxygen atoms in total. The number of nitrogens with one attached hydrogen (secondary N) is 15. The summed E-state index contributed by atoms with van der Waals surface area (Å²) >= 11 is 0.862. The lowest BCUT2D eigenvalue weighted by atomic mass is 9.96. The summed E-state index contributed by atoms with van der Waals surface area (Å²) in [7, 11) is 0. The van der Waals surface area contributed by atoms with Crippen molar-refractivity contribution in [2.45, 2.75) is 191 Å². The Morgan fingerprint density at radius 2 is 0.983 bits per heavy atom. The number of aliphatic hydroxyl groups excluding tert-OH is 1. The monoisotopic (exact) mass is 1610 g/mol. The Labute approximate surface area is 669 Å². The molecule has 4 aromatic carbocycles. The van der Waals surface area contributed by atoms with E-state index in [1.807, 2.05) is 43.3 Å². The molecule has 6 aromatic rings. The van der Waals surface area contributed by atoms with Crippen LogP contribution in [-0.4, -0.2) is 213 Å². The lowest BCUT2D eigenvalue weighted by Gasteiger charge is -2.29. The van der Waals surface area contributed by atoms with Crippen molar-refractivity contribution < 1.29 is 82.1 Å². The van der Waals surface area contributed by atoms with Gasteiger partial charge in [0.1, 0.15) is 66.5 Å². The molecule has 7 rings (SSSR count). The zero-order valence-corrected chi connectivity index (χ0v) is 65.9. The first-order valence-electron chi connectivity index (χ1n) is 38.6. The molecule has 115 heavy (non-hydrogen) atoms. The first-order chi connectivity index (χ1) is 55.0. The van der Waals surface area contributed by atoms with Crippen LogP contribution in [0.5, 0.6) is 0 Å². The number of thioether (sulfide) groups is 1. The number of aromatic nitrogens is 2. The molecule has 1 saturated heterocycles. The number of aliphatic carboxylic acids is 1. The van der Waals surface area contributed by atoms with Crippen molar-refractivity contribution in [3.63, 3.8) is 0 Å². The molecule has 1 aliphatic heterocycles. The van der Waals surface area contributed by atoms with Crippen molar-refractivity contribution in [3.8, 4) is 0 Å². The van der Waals surface area contributed by atoms with Gasteiger partial charge in [0.2, 0.25) is 76.8 Å². The van der Waals surface area contributed by atoms with E-state index in [1.54, 1.807) is 94.7 Å². The van der Waals surface area contributed by atoms with E-state index < -0.39 is 192 Å². The van der Waals surface area contributed by atoms with Gasteiger partial charge in [-0.3, -0.25) is 67.1 Å². The quantitative estimate of drug-likeness (QED) is 0.0331. The Balaban J connectivity index is 1.27. The Bertz CT molecular complexity index is 4420. The Hall–Kier alpha value is -11.7. The summed E-state index contributed by atoms with van der Waals surface area (Å²) in [6.45, 7) is 6.64. The summed E-state index contributed by atoms with van der Waals surface area (Å²) < 4.78 is 0. The molecule has 0 spiro atoms. The minimum atomic E-state index is -1.99. The van der Waals surface area contributed by atoms with Gasteiger partial charge in [0.25, 0.3) is 0 Å². The number of hydrogen-bond acceptors (Lipinski definition) is 18. The van der Waals surface area contributed by atoms with Crippen molar-refractivity contribution in [2.75, 3.05) is 37.7 Å². The summed E-state index contributed by atoms with van der Waals surface area (Å²) in [6.07, 6.45) is 3.15. The van der Waals surface area contributed by atoms with Gasteiger partial charge in [-0.2, -0.15) is 0 Å². The van der Waals surface area contributed by atoms with Crippen LogP contribution in [0.25, 0.3) is 32.6 Å². The molecule has 3 heterocycles. The number of carboxylic acid groups (broad SMARTS) is 1. The van der Waals surface area contributed by atoms with E-state index in [0.717, 1.165) is 22.5 Å². The van der Waals surface area contributed by atoms with Gasteiger partial charge >= 0.3 is 12.0 Å². The summed E-state index contributed by atoms with van der Waals surface area (Å²) in [6, 6.07) is 8.97. The van der Waals surface area contributed by atoms with E-state index >= 15 is 14.4 Å². The van der Waals surface area contributed by atoms with E-state index in [1.165, 1.54) is 0 Å². The predicted octanol–water partition coefficient (Wildman–Crippen LogP) is -0.162. The lowest BCUT2D eigenvalue weighted by Crippen LogP contribution is -2.61. The summed E-state index contributed by atoms with van der Waals surface area (Å²) in [4.78, 5) is 219. The average molecular weight is 1610 g/mol. The minimum Gasteiger partial charge on any atom is -0.481 e. The second-order valence-electron chi connectivity index (χ2n) is 28.9. The average Bonchev–Trinajstić information content (AvgIpc) is 1.72. The number of benzene rings is 4. The maximum absolute atomic E-state index is 15.1. The van der Waals surface area contributed by atoms with Crippen LogP contribution in [0, 0.1) is 11.8 Å². The number of rotatable bonds is 25. The van der Waals surface area contributed by atoms with Crippen LogP contribution >= 0.6 is 11.8 Å². The second kappa shape index (κ2) is 45.3. The van der Waals surface area contributed by atoms with Gasteiger partial charge in [0.15, 0.2) is 0 Å². The molecule has 36 heteroatoms. The van der Waals surface area contributed by atoms with E-state index in [0.29, 0.717) is 57.8 Å². The normalized spacial score (nSPS) is 22.8. The number of unbranched alkanes of at least 4 members (excludes halogenated alkanes) is 3. The molecule has 0 bridgehead atoms. The standard InChI is InChI=1S/C79H108N18O17S/c1-6-8-23-55-71(106)89-56(26-15-17-30-80)72(107)91-59(35-49-38-85-53-25-14-12-22-51(49)53)76(111)96-66(43(3)4)77(112)95-62(68(81)103)41-115-42-64(100)88-57(33-45-28-29-46-19-9-10-20-47(46)32-45)75(110)97-67(44(5)7-2)78(113)94-61(40-98)69(104)86-39-63(99)87-54(27-16-18-31-83-79(82)114)70(105)93-60(36-65(101)102)74(109)92-58(73(108)90-55)34-48-37-84-52-24-13-11-21-50(48)52/h9-14,19-22,24-25,28-29,32,37-38,43-44,54-62,66-67,84-85,98H,6-8,15-18,23,26-27,30-31,33-36,39-42,80H2,1-5H3,(H2,81,103)(H,86,104)(H,87,99)(H,88,100)(H,89,106)(H,90,108)(H,91,107)(H,92,109)(H,93,105)(H,94,113)(H,95,112)(H,96,111)(H,97,110)(H,101,102)(H3,82,83,114)/t44-,54-,55-,56-,57-,58-,59-,60-,61-,62-,66-,67-/m0/s1. The molecule has 15 amide bonds. The highest BCUT2D eigenvalue weighted by molar-refractivity contribution is 8.00. The summed E-state index contributed by atoms with van der Waals surface area (Å²) in [5.74, 6) is -16.2. The maximum atomic E-state index is 15.1. The van der Waals surface area contributed by atoms with Gasteiger partial charge in [-0.25, -0.2) is 4.79 Å². The molecule has 622 valence electrons. The van der Waals surface area contributed by atoms with Crippen LogP contribution in [0.2, 0.25) is 0 Å². The van der Waals surface area contributed by atoms with Crippen LogP contribution in [0.1, 0.15) is 122 Å². The third-order valence-electron chi connectivity index (χ3n) is 19.8. The number of nitrogens with two attached hydrogens (primary N) is 3. The topological polar surface area (TPSA) is 563 Å². The van der Waals surface area contributed by atoms with Crippen molar-refractivity contribution >= 4 is 133 Å². The molecule has 1 fully saturated rings. The molecule has 0 unspecified atom stereocenters. The number of carbonyl (C=O) groups excluding carboxylic acids is 14. The van der Waals surface area contributed by atoms with E-state index in [9.17, 15) is 67.7 Å². The number of primary amides is 2. The number of amides is 15. The summed E-state index contributed by atoms with van der Waals surface area (Å²) in [5.41, 5.74) is 20.0. The number of aliphatic hydroxyl groups is 1. The summed E-state index contributed by atoms with van der Waals surface area (Å²) in [5, 5.41) is 57.5. The fraction of sp³-hybridized carbons (Fsp3) is 0.481. The van der Waals surface area contributed by atoms with Crippen molar-refractivity contribution in [1.29, 1.82) is 0 Å². The molecule has 2 aromatic heterocycles. The number of H-pyrrole nitrogens is 2. The second-order valence-corrected chi connectivity index (χ2v) is 29.9. The first kappa shape index (κ1) is 90.5. The zero-order valence-electron chi connectivity index (χ0n) is 65.1. The molecule has 0 saturated carbocycles. The third-order valence-corrected chi connectivity index (χ3v) is 20.8. The fourth-order valence-corrected chi connectivity index (χ4v) is 14.0. The number of hydrogen-bond donors (Lipinski definition) is 20. The van der Waals surface area contributed by atoms with Gasteiger partial charge in [-0.15, -0.1) is 11.8 Å². The molecule has 0 aliphatic carbocycles. The predicted molar refractivity (Wildman–Crippen MR) is 430 cm³/mol. The van der Waals surface area contributed by atoms with Crippen molar-refractivity contribution in [2.24, 2.45) is 29.0 Å². The van der Waals surface area contributed by atoms with Gasteiger partial charge in [0, 0.05) is 65.8 Å². The van der Waals surface area contributed by atoms with Crippen molar-refractivity contribution in [3.05, 3.63) is 120 Å². The molecular formula is C79H108N18O17S. The number of carboxylic acids is 1. The van der Waals surface area contributed by atoms with E-state index in [4.69, 9.17) is 17.2 Å². The van der Waals surface area contributed by atoms with Crippen LogP contribution in [0.3, 0.4) is 0 Å². The lowest BCUT2D eigenvalue weighted by molar-refractivity contribution is -0.141. The molecule has 1 aliphatic rings. The van der Waals surface area contributed by atoms with Crippen LogP contribution < -0.4 is 86.3 Å². The molecular weight excluding hydrogens is 1510 g/mol. The smallest absolute Gasteiger partial charge is 0.312 e. The Morgan fingerprint density at radius 3 is 1.53 bits per heavy atom. The van der Waals surface area contributed by atoms with Crippen LogP contribution in [-0.2, 0) is 86.4 Å². The minimum absolute atomic E-state index is 0.0115.